The minimum absolute atomic E-state index is 0.759. The molecule has 1 heterocycles. The molecule has 1 saturated carbocycles. The number of piperidine rings is 1. The molecule has 2 heteroatoms. The molecule has 2 nitrogen and oxygen atoms in total. The average molecular weight is 238 g/mol. The normalized spacial score (nSPS) is 35.1. The zero-order valence-corrected chi connectivity index (χ0v) is 11.8. The summed E-state index contributed by atoms with van der Waals surface area (Å²) >= 11 is 0. The maximum Gasteiger partial charge on any atom is 0.0194 e. The van der Waals surface area contributed by atoms with Gasteiger partial charge in [0.05, 0.1) is 0 Å². The van der Waals surface area contributed by atoms with E-state index in [1.807, 2.05) is 0 Å². The van der Waals surface area contributed by atoms with E-state index in [9.17, 15) is 0 Å². The Kier molecular flexibility index (Phi) is 5.30. The zero-order valence-electron chi connectivity index (χ0n) is 11.8. The van der Waals surface area contributed by atoms with Gasteiger partial charge in [0.1, 0.15) is 0 Å². The Balaban J connectivity index is 1.66. The van der Waals surface area contributed by atoms with Gasteiger partial charge < -0.3 is 10.2 Å². The first-order valence-corrected chi connectivity index (χ1v) is 7.66. The monoisotopic (exact) mass is 238 g/mol. The second-order valence-electron chi connectivity index (χ2n) is 6.51. The lowest BCUT2D eigenvalue weighted by atomic mass is 9.82. The standard InChI is InChI=1S/C15H30N2/c1-13-6-5-7-14(10-13)11-17(2)12-15-8-3-4-9-16-15/h13-16H,3-12H2,1-2H3. The van der Waals surface area contributed by atoms with E-state index in [0.29, 0.717) is 0 Å². The number of rotatable bonds is 4. The van der Waals surface area contributed by atoms with Crippen LogP contribution in [-0.4, -0.2) is 37.6 Å². The first kappa shape index (κ1) is 13.4. The van der Waals surface area contributed by atoms with E-state index in [2.05, 4.69) is 24.2 Å². The molecule has 1 aliphatic carbocycles. The van der Waals surface area contributed by atoms with Crippen LogP contribution in [0.25, 0.3) is 0 Å². The van der Waals surface area contributed by atoms with E-state index in [4.69, 9.17) is 0 Å². The summed E-state index contributed by atoms with van der Waals surface area (Å²) in [6, 6.07) is 0.759. The van der Waals surface area contributed by atoms with Crippen LogP contribution in [0, 0.1) is 11.8 Å². The van der Waals surface area contributed by atoms with Gasteiger partial charge in [0.25, 0.3) is 0 Å². The smallest absolute Gasteiger partial charge is 0.0194 e. The fourth-order valence-electron chi connectivity index (χ4n) is 3.70. The maximum absolute atomic E-state index is 3.65. The van der Waals surface area contributed by atoms with Crippen LogP contribution in [0.1, 0.15) is 51.9 Å². The highest BCUT2D eigenvalue weighted by molar-refractivity contribution is 4.78. The summed E-state index contributed by atoms with van der Waals surface area (Å²) in [5, 5.41) is 3.65. The number of likely N-dealkylation sites (N-methyl/N-ethyl adjacent to an activating group) is 1. The molecule has 2 fully saturated rings. The van der Waals surface area contributed by atoms with Crippen molar-refractivity contribution in [3.05, 3.63) is 0 Å². The summed E-state index contributed by atoms with van der Waals surface area (Å²) in [6.07, 6.45) is 10.0. The van der Waals surface area contributed by atoms with Crippen molar-refractivity contribution in [3.8, 4) is 0 Å². The van der Waals surface area contributed by atoms with Crippen molar-refractivity contribution in [2.75, 3.05) is 26.7 Å². The molecule has 1 saturated heterocycles. The third-order valence-corrected chi connectivity index (χ3v) is 4.56. The molecule has 100 valence electrons. The Morgan fingerprint density at radius 2 is 1.94 bits per heavy atom. The average Bonchev–Trinajstić information content (AvgIpc) is 2.30. The summed E-state index contributed by atoms with van der Waals surface area (Å²) in [5.74, 6) is 1.93. The van der Waals surface area contributed by atoms with Crippen molar-refractivity contribution < 1.29 is 0 Å². The minimum Gasteiger partial charge on any atom is -0.313 e. The van der Waals surface area contributed by atoms with Crippen molar-refractivity contribution in [2.24, 2.45) is 11.8 Å². The molecule has 3 unspecified atom stereocenters. The summed E-state index contributed by atoms with van der Waals surface area (Å²) in [5.41, 5.74) is 0. The van der Waals surface area contributed by atoms with Gasteiger partial charge in [-0.05, 0) is 51.1 Å². The molecule has 2 aliphatic rings. The highest BCUT2D eigenvalue weighted by Crippen LogP contribution is 2.28. The lowest BCUT2D eigenvalue weighted by Crippen LogP contribution is -2.43. The number of hydrogen-bond acceptors (Lipinski definition) is 2. The molecule has 3 atom stereocenters. The molecular formula is C15H30N2. The van der Waals surface area contributed by atoms with E-state index in [-0.39, 0.29) is 0 Å². The van der Waals surface area contributed by atoms with Crippen LogP contribution in [0.5, 0.6) is 0 Å². The van der Waals surface area contributed by atoms with Crippen LogP contribution in [-0.2, 0) is 0 Å². The molecule has 1 N–H and O–H groups in total. The molecule has 2 rings (SSSR count). The number of nitrogens with zero attached hydrogens (tertiary/aromatic N) is 1. The SMILES string of the molecule is CC1CCCC(CN(C)CC2CCCCN2)C1. The predicted octanol–water partition coefficient (Wildman–Crippen LogP) is 2.89. The van der Waals surface area contributed by atoms with Gasteiger partial charge >= 0.3 is 0 Å². The Labute approximate surface area is 107 Å². The van der Waals surface area contributed by atoms with Crippen LogP contribution < -0.4 is 5.32 Å². The molecule has 0 aromatic rings. The summed E-state index contributed by atoms with van der Waals surface area (Å²) < 4.78 is 0. The van der Waals surface area contributed by atoms with Crippen LogP contribution in [0.4, 0.5) is 0 Å². The van der Waals surface area contributed by atoms with Crippen molar-refractivity contribution >= 4 is 0 Å². The second-order valence-corrected chi connectivity index (χ2v) is 6.51. The van der Waals surface area contributed by atoms with Crippen molar-refractivity contribution in [2.45, 2.75) is 57.9 Å². The minimum atomic E-state index is 0.759. The Morgan fingerprint density at radius 1 is 1.06 bits per heavy atom. The molecule has 0 bridgehead atoms. The van der Waals surface area contributed by atoms with Crippen LogP contribution in [0.15, 0.2) is 0 Å². The Hall–Kier alpha value is -0.0800. The molecule has 0 amide bonds. The topological polar surface area (TPSA) is 15.3 Å². The molecular weight excluding hydrogens is 208 g/mol. The first-order valence-electron chi connectivity index (χ1n) is 7.66. The van der Waals surface area contributed by atoms with E-state index in [0.717, 1.165) is 17.9 Å². The van der Waals surface area contributed by atoms with Gasteiger partial charge in [-0.15, -0.1) is 0 Å². The fourth-order valence-corrected chi connectivity index (χ4v) is 3.70. The van der Waals surface area contributed by atoms with Gasteiger partial charge in [-0.3, -0.25) is 0 Å². The second kappa shape index (κ2) is 6.75. The summed E-state index contributed by atoms with van der Waals surface area (Å²) in [4.78, 5) is 2.58. The van der Waals surface area contributed by atoms with Crippen LogP contribution in [0.3, 0.4) is 0 Å². The van der Waals surface area contributed by atoms with Gasteiger partial charge in [0.2, 0.25) is 0 Å². The lowest BCUT2D eigenvalue weighted by Gasteiger charge is -2.33. The number of nitrogens with one attached hydrogen (secondary N) is 1. The van der Waals surface area contributed by atoms with Gasteiger partial charge in [-0.25, -0.2) is 0 Å². The number of hydrogen-bond donors (Lipinski definition) is 1. The van der Waals surface area contributed by atoms with E-state index < -0.39 is 0 Å². The van der Waals surface area contributed by atoms with Crippen molar-refractivity contribution in [1.29, 1.82) is 0 Å². The summed E-state index contributed by atoms with van der Waals surface area (Å²) in [7, 11) is 2.32. The first-order chi connectivity index (χ1) is 8.24. The van der Waals surface area contributed by atoms with Crippen molar-refractivity contribution in [3.63, 3.8) is 0 Å². The molecule has 17 heavy (non-hydrogen) atoms. The van der Waals surface area contributed by atoms with Crippen LogP contribution in [0.2, 0.25) is 0 Å². The van der Waals surface area contributed by atoms with E-state index in [1.54, 1.807) is 0 Å². The molecule has 0 aromatic heterocycles. The predicted molar refractivity (Wildman–Crippen MR) is 74.3 cm³/mol. The van der Waals surface area contributed by atoms with Gasteiger partial charge in [0.15, 0.2) is 0 Å². The molecule has 1 aliphatic heterocycles. The molecule has 0 radical (unpaired) electrons. The summed E-state index contributed by atoms with van der Waals surface area (Å²) in [6.45, 7) is 6.24. The third kappa shape index (κ3) is 4.59. The van der Waals surface area contributed by atoms with E-state index >= 15 is 0 Å². The van der Waals surface area contributed by atoms with Crippen molar-refractivity contribution in [1.82, 2.24) is 10.2 Å². The van der Waals surface area contributed by atoms with Crippen LogP contribution >= 0.6 is 0 Å². The lowest BCUT2D eigenvalue weighted by molar-refractivity contribution is 0.185. The molecule has 0 aromatic carbocycles. The molecule has 0 spiro atoms. The maximum atomic E-state index is 3.65. The third-order valence-electron chi connectivity index (χ3n) is 4.56. The zero-order chi connectivity index (χ0) is 12.1. The quantitative estimate of drug-likeness (QED) is 0.810. The Morgan fingerprint density at radius 3 is 2.65 bits per heavy atom. The van der Waals surface area contributed by atoms with Gasteiger partial charge in [-0.1, -0.05) is 26.2 Å². The fraction of sp³-hybridized carbons (Fsp3) is 1.00. The highest BCUT2D eigenvalue weighted by Gasteiger charge is 2.21. The Bertz CT molecular complexity index is 211. The highest BCUT2D eigenvalue weighted by atomic mass is 15.1. The largest absolute Gasteiger partial charge is 0.313 e. The van der Waals surface area contributed by atoms with E-state index in [1.165, 1.54) is 64.6 Å². The van der Waals surface area contributed by atoms with Gasteiger partial charge in [-0.2, -0.15) is 0 Å². The van der Waals surface area contributed by atoms with Gasteiger partial charge in [0, 0.05) is 19.1 Å².